The van der Waals surface area contributed by atoms with Crippen molar-refractivity contribution in [3.05, 3.63) is 59.7 Å². The summed E-state index contributed by atoms with van der Waals surface area (Å²) >= 11 is 0. The van der Waals surface area contributed by atoms with Gasteiger partial charge in [-0.05, 0) is 35.4 Å². The molecule has 2 aromatic carbocycles. The highest BCUT2D eigenvalue weighted by Gasteiger charge is 2.12. The van der Waals surface area contributed by atoms with Gasteiger partial charge in [-0.15, -0.1) is 0 Å². The standard InChI is InChI=1S/C18H20N2O4/c1-23-15-8-6-13(7-9-15)11-19-17(21)18(22)20-12-14-4-3-5-16(10-14)24-2/h3-10H,11-12H2,1-2H3,(H,19,21)(H,20,22). The molecule has 2 N–H and O–H groups in total. The summed E-state index contributed by atoms with van der Waals surface area (Å²) in [6, 6.07) is 14.5. The highest BCUT2D eigenvalue weighted by molar-refractivity contribution is 6.35. The van der Waals surface area contributed by atoms with Crippen molar-refractivity contribution in [2.24, 2.45) is 0 Å². The second-order valence-electron chi connectivity index (χ2n) is 5.06. The van der Waals surface area contributed by atoms with Crippen molar-refractivity contribution in [3.63, 3.8) is 0 Å². The van der Waals surface area contributed by atoms with Crippen LogP contribution in [0.2, 0.25) is 0 Å². The molecule has 0 bridgehead atoms. The Balaban J connectivity index is 1.79. The van der Waals surface area contributed by atoms with E-state index in [1.54, 1.807) is 32.4 Å². The van der Waals surface area contributed by atoms with Gasteiger partial charge in [-0.25, -0.2) is 0 Å². The van der Waals surface area contributed by atoms with Crippen LogP contribution in [-0.4, -0.2) is 26.0 Å². The molecule has 0 atom stereocenters. The summed E-state index contributed by atoms with van der Waals surface area (Å²) in [7, 11) is 3.16. The molecule has 0 unspecified atom stereocenters. The largest absolute Gasteiger partial charge is 0.497 e. The van der Waals surface area contributed by atoms with E-state index in [1.807, 2.05) is 30.3 Å². The highest BCUT2D eigenvalue weighted by Crippen LogP contribution is 2.12. The molecule has 0 radical (unpaired) electrons. The molecule has 0 saturated carbocycles. The van der Waals surface area contributed by atoms with Gasteiger partial charge in [0, 0.05) is 13.1 Å². The average molecular weight is 328 g/mol. The Morgan fingerprint density at radius 2 is 1.38 bits per heavy atom. The third-order valence-corrected chi connectivity index (χ3v) is 3.41. The predicted molar refractivity (Wildman–Crippen MR) is 89.7 cm³/mol. The van der Waals surface area contributed by atoms with Gasteiger partial charge in [-0.1, -0.05) is 24.3 Å². The van der Waals surface area contributed by atoms with Gasteiger partial charge in [0.05, 0.1) is 14.2 Å². The van der Waals surface area contributed by atoms with Crippen LogP contribution in [0.4, 0.5) is 0 Å². The summed E-state index contributed by atoms with van der Waals surface area (Å²) in [5, 5.41) is 5.16. The SMILES string of the molecule is COc1ccc(CNC(=O)C(=O)NCc2cccc(OC)c2)cc1. The van der Waals surface area contributed by atoms with E-state index < -0.39 is 11.8 Å². The van der Waals surface area contributed by atoms with Crippen molar-refractivity contribution in [1.29, 1.82) is 0 Å². The lowest BCUT2D eigenvalue weighted by molar-refractivity contribution is -0.139. The zero-order valence-electron chi connectivity index (χ0n) is 13.7. The number of carbonyl (C=O) groups excluding carboxylic acids is 2. The number of carbonyl (C=O) groups is 2. The van der Waals surface area contributed by atoms with Crippen LogP contribution >= 0.6 is 0 Å². The third kappa shape index (κ3) is 5.01. The summed E-state index contributed by atoms with van der Waals surface area (Å²) in [4.78, 5) is 23.6. The van der Waals surface area contributed by atoms with Crippen LogP contribution in [0.3, 0.4) is 0 Å². The van der Waals surface area contributed by atoms with Gasteiger partial charge in [-0.3, -0.25) is 9.59 Å². The van der Waals surface area contributed by atoms with Gasteiger partial charge in [0.1, 0.15) is 11.5 Å². The number of nitrogens with one attached hydrogen (secondary N) is 2. The number of hydrogen-bond donors (Lipinski definition) is 2. The molecule has 0 aromatic heterocycles. The lowest BCUT2D eigenvalue weighted by atomic mass is 10.2. The first-order valence-electron chi connectivity index (χ1n) is 7.44. The van der Waals surface area contributed by atoms with Crippen LogP contribution in [0.15, 0.2) is 48.5 Å². The second kappa shape index (κ2) is 8.57. The maximum absolute atomic E-state index is 11.8. The second-order valence-corrected chi connectivity index (χ2v) is 5.06. The molecule has 0 aliphatic carbocycles. The molecule has 0 aliphatic heterocycles. The van der Waals surface area contributed by atoms with Crippen LogP contribution in [0, 0.1) is 0 Å². The maximum atomic E-state index is 11.8. The van der Waals surface area contributed by atoms with Gasteiger partial charge < -0.3 is 20.1 Å². The normalized spacial score (nSPS) is 9.92. The number of benzene rings is 2. The monoisotopic (exact) mass is 328 g/mol. The van der Waals surface area contributed by atoms with E-state index >= 15 is 0 Å². The molecule has 0 saturated heterocycles. The van der Waals surface area contributed by atoms with E-state index in [0.717, 1.165) is 16.9 Å². The van der Waals surface area contributed by atoms with Gasteiger partial charge in [0.15, 0.2) is 0 Å². The first-order chi connectivity index (χ1) is 11.6. The van der Waals surface area contributed by atoms with Crippen molar-refractivity contribution >= 4 is 11.8 Å². The Hall–Kier alpha value is -3.02. The molecule has 6 nitrogen and oxygen atoms in total. The first kappa shape index (κ1) is 17.3. The lowest BCUT2D eigenvalue weighted by Gasteiger charge is -2.08. The Bertz CT molecular complexity index is 698. The molecular formula is C18H20N2O4. The summed E-state index contributed by atoms with van der Waals surface area (Å²) in [6.07, 6.45) is 0. The van der Waals surface area contributed by atoms with Gasteiger partial charge in [-0.2, -0.15) is 0 Å². The van der Waals surface area contributed by atoms with Crippen molar-refractivity contribution < 1.29 is 19.1 Å². The summed E-state index contributed by atoms with van der Waals surface area (Å²) in [5.74, 6) is 0.0897. The molecule has 0 fully saturated rings. The van der Waals surface area contributed by atoms with Crippen molar-refractivity contribution in [3.8, 4) is 11.5 Å². The molecule has 2 aromatic rings. The van der Waals surface area contributed by atoms with E-state index in [0.29, 0.717) is 5.75 Å². The van der Waals surface area contributed by atoms with Crippen LogP contribution in [-0.2, 0) is 22.7 Å². The van der Waals surface area contributed by atoms with E-state index in [1.165, 1.54) is 0 Å². The zero-order valence-corrected chi connectivity index (χ0v) is 13.7. The number of rotatable bonds is 6. The van der Waals surface area contributed by atoms with Crippen LogP contribution in [0.25, 0.3) is 0 Å². The molecule has 2 amide bonds. The Labute approximate surface area is 140 Å². The minimum Gasteiger partial charge on any atom is -0.497 e. The Morgan fingerprint density at radius 3 is 1.96 bits per heavy atom. The van der Waals surface area contributed by atoms with E-state index in [-0.39, 0.29) is 13.1 Å². The fourth-order valence-corrected chi connectivity index (χ4v) is 2.05. The van der Waals surface area contributed by atoms with Crippen LogP contribution < -0.4 is 20.1 Å². The quantitative estimate of drug-likeness (QED) is 0.790. The van der Waals surface area contributed by atoms with E-state index in [4.69, 9.17) is 9.47 Å². The highest BCUT2D eigenvalue weighted by atomic mass is 16.5. The predicted octanol–water partition coefficient (Wildman–Crippen LogP) is 1.64. The zero-order chi connectivity index (χ0) is 17.4. The number of ether oxygens (including phenoxy) is 2. The molecule has 0 spiro atoms. The lowest BCUT2D eigenvalue weighted by Crippen LogP contribution is -2.39. The third-order valence-electron chi connectivity index (χ3n) is 3.41. The fourth-order valence-electron chi connectivity index (χ4n) is 2.05. The molecule has 126 valence electrons. The van der Waals surface area contributed by atoms with Crippen molar-refractivity contribution in [1.82, 2.24) is 10.6 Å². The smallest absolute Gasteiger partial charge is 0.309 e. The topological polar surface area (TPSA) is 76.7 Å². The molecule has 0 heterocycles. The molecule has 0 aliphatic rings. The van der Waals surface area contributed by atoms with Crippen molar-refractivity contribution in [2.45, 2.75) is 13.1 Å². The molecule has 24 heavy (non-hydrogen) atoms. The van der Waals surface area contributed by atoms with Gasteiger partial charge in [0.25, 0.3) is 0 Å². The maximum Gasteiger partial charge on any atom is 0.309 e. The molecular weight excluding hydrogens is 308 g/mol. The molecule has 6 heteroatoms. The fraction of sp³-hybridized carbons (Fsp3) is 0.222. The average Bonchev–Trinajstić information content (AvgIpc) is 2.64. The molecule has 2 rings (SSSR count). The number of amides is 2. The summed E-state index contributed by atoms with van der Waals surface area (Å²) in [6.45, 7) is 0.529. The van der Waals surface area contributed by atoms with Crippen LogP contribution in [0.1, 0.15) is 11.1 Å². The number of methoxy groups -OCH3 is 2. The van der Waals surface area contributed by atoms with E-state index in [2.05, 4.69) is 10.6 Å². The Kier molecular flexibility index (Phi) is 6.19. The summed E-state index contributed by atoms with van der Waals surface area (Å²) in [5.41, 5.74) is 1.73. The van der Waals surface area contributed by atoms with Crippen LogP contribution in [0.5, 0.6) is 11.5 Å². The van der Waals surface area contributed by atoms with E-state index in [9.17, 15) is 9.59 Å². The summed E-state index contributed by atoms with van der Waals surface area (Å²) < 4.78 is 10.2. The minimum absolute atomic E-state index is 0.256. The van der Waals surface area contributed by atoms with Gasteiger partial charge in [0.2, 0.25) is 0 Å². The number of hydrogen-bond acceptors (Lipinski definition) is 4. The first-order valence-corrected chi connectivity index (χ1v) is 7.44. The van der Waals surface area contributed by atoms with Crippen molar-refractivity contribution in [2.75, 3.05) is 14.2 Å². The Morgan fingerprint density at radius 1 is 0.792 bits per heavy atom. The van der Waals surface area contributed by atoms with Gasteiger partial charge >= 0.3 is 11.8 Å². The minimum atomic E-state index is -0.675.